The molecule has 0 aliphatic heterocycles. The standard InChI is InChI=1S/C12H16BrNO5/c1-3-17-12(18-4-2)8-19-11-6-5-9(13)7-10(11)14(15)16/h5-7,12H,3-4,8H2,1-2H3. The van der Waals surface area contributed by atoms with Gasteiger partial charge in [0.2, 0.25) is 0 Å². The molecule has 0 aliphatic carbocycles. The maximum absolute atomic E-state index is 10.9. The van der Waals surface area contributed by atoms with Crippen molar-refractivity contribution in [1.29, 1.82) is 0 Å². The highest BCUT2D eigenvalue weighted by atomic mass is 79.9. The molecule has 0 atom stereocenters. The minimum Gasteiger partial charge on any atom is -0.481 e. The Balaban J connectivity index is 2.73. The molecular formula is C12H16BrNO5. The monoisotopic (exact) mass is 333 g/mol. The first-order valence-electron chi connectivity index (χ1n) is 5.88. The van der Waals surface area contributed by atoms with Crippen molar-refractivity contribution in [3.63, 3.8) is 0 Å². The molecule has 0 radical (unpaired) electrons. The lowest BCUT2D eigenvalue weighted by molar-refractivity contribution is -0.386. The molecule has 6 nitrogen and oxygen atoms in total. The quantitative estimate of drug-likeness (QED) is 0.415. The highest BCUT2D eigenvalue weighted by Gasteiger charge is 2.17. The van der Waals surface area contributed by atoms with E-state index in [9.17, 15) is 10.1 Å². The van der Waals surface area contributed by atoms with Crippen LogP contribution in [-0.2, 0) is 9.47 Å². The second-order valence-electron chi connectivity index (χ2n) is 3.52. The van der Waals surface area contributed by atoms with Gasteiger partial charge < -0.3 is 14.2 Å². The minimum absolute atomic E-state index is 0.0962. The van der Waals surface area contributed by atoms with Crippen LogP contribution in [0.25, 0.3) is 0 Å². The first-order chi connectivity index (χ1) is 9.08. The number of benzene rings is 1. The van der Waals surface area contributed by atoms with Gasteiger partial charge in [0.15, 0.2) is 12.0 Å². The van der Waals surface area contributed by atoms with Gasteiger partial charge in [0, 0.05) is 23.8 Å². The number of rotatable bonds is 8. The first-order valence-corrected chi connectivity index (χ1v) is 6.67. The second kappa shape index (κ2) is 8.08. The number of nitro groups is 1. The van der Waals surface area contributed by atoms with Crippen LogP contribution in [0.15, 0.2) is 22.7 Å². The lowest BCUT2D eigenvalue weighted by Crippen LogP contribution is -2.25. The van der Waals surface area contributed by atoms with Crippen molar-refractivity contribution in [1.82, 2.24) is 0 Å². The van der Waals surface area contributed by atoms with Crippen LogP contribution < -0.4 is 4.74 Å². The van der Waals surface area contributed by atoms with Gasteiger partial charge >= 0.3 is 5.69 Å². The molecule has 0 fully saturated rings. The summed E-state index contributed by atoms with van der Waals surface area (Å²) in [5.74, 6) is 0.192. The molecule has 0 saturated carbocycles. The van der Waals surface area contributed by atoms with E-state index in [1.54, 1.807) is 6.07 Å². The van der Waals surface area contributed by atoms with Crippen molar-refractivity contribution in [2.75, 3.05) is 19.8 Å². The third-order valence-corrected chi connectivity index (χ3v) is 2.69. The van der Waals surface area contributed by atoms with Crippen molar-refractivity contribution in [2.45, 2.75) is 20.1 Å². The maximum Gasteiger partial charge on any atom is 0.312 e. The molecule has 1 aromatic rings. The van der Waals surface area contributed by atoms with Crippen molar-refractivity contribution in [2.24, 2.45) is 0 Å². The van der Waals surface area contributed by atoms with Crippen molar-refractivity contribution < 1.29 is 19.1 Å². The van der Waals surface area contributed by atoms with E-state index >= 15 is 0 Å². The van der Waals surface area contributed by atoms with Gasteiger partial charge in [0.1, 0.15) is 6.61 Å². The summed E-state index contributed by atoms with van der Waals surface area (Å²) in [4.78, 5) is 10.4. The lowest BCUT2D eigenvalue weighted by Gasteiger charge is -2.17. The fourth-order valence-electron chi connectivity index (χ4n) is 1.43. The molecule has 7 heteroatoms. The van der Waals surface area contributed by atoms with Crippen LogP contribution in [0, 0.1) is 10.1 Å². The number of ether oxygens (including phenoxy) is 3. The van der Waals surface area contributed by atoms with E-state index in [-0.39, 0.29) is 18.0 Å². The Morgan fingerprint density at radius 2 is 1.95 bits per heavy atom. The van der Waals surface area contributed by atoms with E-state index in [1.807, 2.05) is 13.8 Å². The zero-order valence-corrected chi connectivity index (χ0v) is 12.4. The first kappa shape index (κ1) is 15.9. The third-order valence-electron chi connectivity index (χ3n) is 2.20. The summed E-state index contributed by atoms with van der Waals surface area (Å²) >= 11 is 3.18. The molecule has 0 spiro atoms. The Morgan fingerprint density at radius 1 is 1.32 bits per heavy atom. The van der Waals surface area contributed by atoms with E-state index in [4.69, 9.17) is 14.2 Å². The van der Waals surface area contributed by atoms with Crippen molar-refractivity contribution in [3.8, 4) is 5.75 Å². The molecule has 0 unspecified atom stereocenters. The van der Waals surface area contributed by atoms with Crippen LogP contribution in [0.2, 0.25) is 0 Å². The second-order valence-corrected chi connectivity index (χ2v) is 4.44. The predicted molar refractivity (Wildman–Crippen MR) is 73.3 cm³/mol. The number of nitro benzene ring substituents is 1. The smallest absolute Gasteiger partial charge is 0.312 e. The highest BCUT2D eigenvalue weighted by Crippen LogP contribution is 2.30. The van der Waals surface area contributed by atoms with Gasteiger partial charge in [-0.25, -0.2) is 0 Å². The largest absolute Gasteiger partial charge is 0.481 e. The van der Waals surface area contributed by atoms with Gasteiger partial charge in [-0.3, -0.25) is 10.1 Å². The normalized spacial score (nSPS) is 10.7. The van der Waals surface area contributed by atoms with Crippen molar-refractivity contribution >= 4 is 21.6 Å². The van der Waals surface area contributed by atoms with E-state index in [0.29, 0.717) is 17.7 Å². The molecule has 1 rings (SSSR count). The molecule has 1 aromatic carbocycles. The predicted octanol–water partition coefficient (Wildman–Crippen LogP) is 3.14. The van der Waals surface area contributed by atoms with Crippen molar-refractivity contribution in [3.05, 3.63) is 32.8 Å². The Kier molecular flexibility index (Phi) is 6.75. The van der Waals surface area contributed by atoms with Crippen LogP contribution in [0.5, 0.6) is 5.75 Å². The summed E-state index contributed by atoms with van der Waals surface area (Å²) < 4.78 is 16.6. The molecule has 0 aromatic heterocycles. The van der Waals surface area contributed by atoms with Gasteiger partial charge in [0.05, 0.1) is 4.92 Å². The summed E-state index contributed by atoms with van der Waals surface area (Å²) in [5, 5.41) is 10.9. The van der Waals surface area contributed by atoms with Gasteiger partial charge in [-0.05, 0) is 26.0 Å². The summed E-state index contributed by atoms with van der Waals surface area (Å²) in [6.07, 6.45) is -0.529. The van der Waals surface area contributed by atoms with E-state index in [2.05, 4.69) is 15.9 Å². The Hall–Kier alpha value is -1.18. The van der Waals surface area contributed by atoms with Gasteiger partial charge in [0.25, 0.3) is 0 Å². The fraction of sp³-hybridized carbons (Fsp3) is 0.500. The summed E-state index contributed by atoms with van der Waals surface area (Å²) in [6, 6.07) is 4.61. The average molecular weight is 334 g/mol. The number of nitrogens with zero attached hydrogens (tertiary/aromatic N) is 1. The van der Waals surface area contributed by atoms with Crippen LogP contribution in [0.3, 0.4) is 0 Å². The zero-order valence-electron chi connectivity index (χ0n) is 10.8. The third kappa shape index (κ3) is 5.14. The minimum atomic E-state index is -0.529. The molecule has 0 heterocycles. The molecule has 0 N–H and O–H groups in total. The Morgan fingerprint density at radius 3 is 2.47 bits per heavy atom. The molecule has 0 saturated heterocycles. The number of hydrogen-bond donors (Lipinski definition) is 0. The molecule has 0 bridgehead atoms. The van der Waals surface area contributed by atoms with E-state index in [0.717, 1.165) is 0 Å². The number of halogens is 1. The number of hydrogen-bond acceptors (Lipinski definition) is 5. The van der Waals surface area contributed by atoms with Gasteiger partial charge in [-0.1, -0.05) is 15.9 Å². The van der Waals surface area contributed by atoms with E-state index < -0.39 is 11.2 Å². The van der Waals surface area contributed by atoms with Crippen LogP contribution in [0.1, 0.15) is 13.8 Å². The summed E-state index contributed by atoms with van der Waals surface area (Å²) in [6.45, 7) is 4.75. The zero-order chi connectivity index (χ0) is 14.3. The molecular weight excluding hydrogens is 318 g/mol. The fourth-order valence-corrected chi connectivity index (χ4v) is 1.78. The molecule has 0 amide bonds. The van der Waals surface area contributed by atoms with Gasteiger partial charge in [-0.15, -0.1) is 0 Å². The molecule has 19 heavy (non-hydrogen) atoms. The Bertz CT molecular complexity index is 421. The van der Waals surface area contributed by atoms with Gasteiger partial charge in [-0.2, -0.15) is 0 Å². The highest BCUT2D eigenvalue weighted by molar-refractivity contribution is 9.10. The van der Waals surface area contributed by atoms with Crippen LogP contribution in [-0.4, -0.2) is 31.0 Å². The maximum atomic E-state index is 10.9. The van der Waals surface area contributed by atoms with E-state index in [1.165, 1.54) is 12.1 Å². The molecule has 106 valence electrons. The molecule has 0 aliphatic rings. The van der Waals surface area contributed by atoms with Crippen LogP contribution in [0.4, 0.5) is 5.69 Å². The lowest BCUT2D eigenvalue weighted by atomic mass is 10.3. The summed E-state index contributed by atoms with van der Waals surface area (Å²) in [5.41, 5.74) is -0.0962. The average Bonchev–Trinajstić information content (AvgIpc) is 2.37. The Labute approximate surface area is 119 Å². The topological polar surface area (TPSA) is 70.8 Å². The summed E-state index contributed by atoms with van der Waals surface area (Å²) in [7, 11) is 0. The van der Waals surface area contributed by atoms with Crippen LogP contribution >= 0.6 is 15.9 Å². The SMILES string of the molecule is CCOC(COc1ccc(Br)cc1[N+](=O)[O-])OCC.